The van der Waals surface area contributed by atoms with Crippen molar-refractivity contribution >= 4 is 27.5 Å². The Morgan fingerprint density at radius 1 is 1.38 bits per heavy atom. The van der Waals surface area contributed by atoms with Gasteiger partial charge in [-0.2, -0.15) is 0 Å². The molecule has 0 spiro atoms. The Labute approximate surface area is 101 Å². The van der Waals surface area contributed by atoms with Crippen LogP contribution >= 0.6 is 11.6 Å². The Hall–Kier alpha value is -0.330. The third-order valence-electron chi connectivity index (χ3n) is 2.16. The molecule has 0 aliphatic heterocycles. The number of carbonyl (C=O) groups is 1. The molecule has 0 aromatic carbocycles. The summed E-state index contributed by atoms with van der Waals surface area (Å²) in [5.74, 6) is 0.242. The quantitative estimate of drug-likeness (QED) is 0.618. The van der Waals surface area contributed by atoms with E-state index in [4.69, 9.17) is 11.6 Å². The van der Waals surface area contributed by atoms with Crippen molar-refractivity contribution in [3.63, 3.8) is 0 Å². The van der Waals surface area contributed by atoms with E-state index in [2.05, 4.69) is 10.0 Å². The number of carbonyl (C=O) groups excluding carboxylic acids is 1. The average molecular weight is 269 g/mol. The number of nitrogens with one attached hydrogen (secondary N) is 2. The maximum Gasteiger partial charge on any atom is 0.221 e. The molecule has 0 radical (unpaired) electrons. The molecule has 0 saturated heterocycles. The van der Waals surface area contributed by atoms with Gasteiger partial charge in [0.2, 0.25) is 15.9 Å². The van der Waals surface area contributed by atoms with E-state index in [0.717, 1.165) is 12.8 Å². The second kappa shape index (κ2) is 6.42. The summed E-state index contributed by atoms with van der Waals surface area (Å²) in [5.41, 5.74) is 0. The van der Waals surface area contributed by atoms with E-state index in [-0.39, 0.29) is 24.6 Å². The minimum Gasteiger partial charge on any atom is -0.353 e. The zero-order valence-electron chi connectivity index (χ0n) is 9.04. The van der Waals surface area contributed by atoms with Crippen molar-refractivity contribution in [3.05, 3.63) is 0 Å². The summed E-state index contributed by atoms with van der Waals surface area (Å²) in [6.07, 6.45) is 2.68. The summed E-state index contributed by atoms with van der Waals surface area (Å²) >= 11 is 5.40. The SMILES string of the molecule is O=C(CCNS(=O)(=O)CCCCl)NC1CC1. The zero-order valence-corrected chi connectivity index (χ0v) is 10.6. The third-order valence-corrected chi connectivity index (χ3v) is 3.90. The molecular weight excluding hydrogens is 252 g/mol. The third kappa shape index (κ3) is 6.30. The van der Waals surface area contributed by atoms with Gasteiger partial charge in [-0.25, -0.2) is 13.1 Å². The van der Waals surface area contributed by atoms with Crippen LogP contribution in [0, 0.1) is 0 Å². The molecule has 1 saturated carbocycles. The van der Waals surface area contributed by atoms with Crippen LogP contribution in [0.3, 0.4) is 0 Å². The van der Waals surface area contributed by atoms with Crippen LogP contribution in [-0.2, 0) is 14.8 Å². The van der Waals surface area contributed by atoms with Gasteiger partial charge in [0.1, 0.15) is 0 Å². The van der Waals surface area contributed by atoms with Gasteiger partial charge in [-0.3, -0.25) is 4.79 Å². The monoisotopic (exact) mass is 268 g/mol. The average Bonchev–Trinajstić information content (AvgIpc) is 2.98. The number of rotatable bonds is 8. The van der Waals surface area contributed by atoms with Crippen LogP contribution in [0.25, 0.3) is 0 Å². The van der Waals surface area contributed by atoms with Crippen molar-refractivity contribution in [1.82, 2.24) is 10.0 Å². The molecule has 0 heterocycles. The fourth-order valence-corrected chi connectivity index (χ4v) is 2.54. The summed E-state index contributed by atoms with van der Waals surface area (Å²) in [4.78, 5) is 11.2. The van der Waals surface area contributed by atoms with Crippen LogP contribution in [0.1, 0.15) is 25.7 Å². The molecule has 1 aliphatic rings. The maximum absolute atomic E-state index is 11.3. The molecule has 16 heavy (non-hydrogen) atoms. The summed E-state index contributed by atoms with van der Waals surface area (Å²) < 4.78 is 25.0. The second-order valence-corrected chi connectivity index (χ2v) is 6.15. The summed E-state index contributed by atoms with van der Waals surface area (Å²) in [6, 6.07) is 0.320. The van der Waals surface area contributed by atoms with Crippen molar-refractivity contribution in [1.29, 1.82) is 0 Å². The number of halogens is 1. The minimum absolute atomic E-state index is 0.0146. The van der Waals surface area contributed by atoms with Crippen LogP contribution in [0.15, 0.2) is 0 Å². The van der Waals surface area contributed by atoms with Crippen molar-refractivity contribution in [3.8, 4) is 0 Å². The van der Waals surface area contributed by atoms with E-state index in [1.807, 2.05) is 0 Å². The number of amides is 1. The van der Waals surface area contributed by atoms with Crippen LogP contribution in [0.2, 0.25) is 0 Å². The smallest absolute Gasteiger partial charge is 0.221 e. The lowest BCUT2D eigenvalue weighted by Crippen LogP contribution is -2.32. The van der Waals surface area contributed by atoms with E-state index < -0.39 is 10.0 Å². The molecule has 94 valence electrons. The summed E-state index contributed by atoms with van der Waals surface area (Å²) in [5, 5.41) is 2.79. The molecule has 1 amide bonds. The fourth-order valence-electron chi connectivity index (χ4n) is 1.16. The lowest BCUT2D eigenvalue weighted by Gasteiger charge is -2.06. The maximum atomic E-state index is 11.3. The predicted molar refractivity (Wildman–Crippen MR) is 62.9 cm³/mol. The van der Waals surface area contributed by atoms with Gasteiger partial charge in [0.25, 0.3) is 0 Å². The van der Waals surface area contributed by atoms with Crippen LogP contribution in [0.5, 0.6) is 0 Å². The van der Waals surface area contributed by atoms with Crippen molar-refractivity contribution in [2.75, 3.05) is 18.2 Å². The standard InChI is InChI=1S/C9H17ClN2O3S/c10-5-1-7-16(14,15)11-6-4-9(13)12-8-2-3-8/h8,11H,1-7H2,(H,12,13). The van der Waals surface area contributed by atoms with Gasteiger partial charge in [0.05, 0.1) is 5.75 Å². The lowest BCUT2D eigenvalue weighted by molar-refractivity contribution is -0.121. The Morgan fingerprint density at radius 2 is 2.06 bits per heavy atom. The molecule has 5 nitrogen and oxygen atoms in total. The molecule has 1 aliphatic carbocycles. The zero-order chi connectivity index (χ0) is 12.0. The van der Waals surface area contributed by atoms with Gasteiger partial charge < -0.3 is 5.32 Å². The van der Waals surface area contributed by atoms with Crippen LogP contribution < -0.4 is 10.0 Å². The predicted octanol–water partition coefficient (Wildman–Crippen LogP) is 0.203. The Morgan fingerprint density at radius 3 is 2.62 bits per heavy atom. The number of sulfonamides is 1. The molecule has 0 atom stereocenters. The van der Waals surface area contributed by atoms with Crippen molar-refractivity contribution < 1.29 is 13.2 Å². The minimum atomic E-state index is -3.27. The van der Waals surface area contributed by atoms with Crippen LogP contribution in [-0.4, -0.2) is 38.5 Å². The van der Waals surface area contributed by atoms with Gasteiger partial charge >= 0.3 is 0 Å². The number of alkyl halides is 1. The van der Waals surface area contributed by atoms with Crippen LogP contribution in [0.4, 0.5) is 0 Å². The van der Waals surface area contributed by atoms with Gasteiger partial charge in [0.15, 0.2) is 0 Å². The first-order valence-electron chi connectivity index (χ1n) is 5.36. The van der Waals surface area contributed by atoms with Gasteiger partial charge in [-0.1, -0.05) is 0 Å². The Kier molecular flexibility index (Phi) is 5.51. The highest BCUT2D eigenvalue weighted by atomic mass is 35.5. The van der Waals surface area contributed by atoms with E-state index in [1.165, 1.54) is 0 Å². The Bertz CT molecular complexity index is 328. The topological polar surface area (TPSA) is 75.3 Å². The second-order valence-electron chi connectivity index (χ2n) is 3.85. The first-order chi connectivity index (χ1) is 7.53. The van der Waals surface area contributed by atoms with E-state index in [9.17, 15) is 13.2 Å². The Balaban J connectivity index is 2.10. The highest BCUT2D eigenvalue weighted by molar-refractivity contribution is 7.89. The van der Waals surface area contributed by atoms with Gasteiger partial charge in [-0.05, 0) is 19.3 Å². The van der Waals surface area contributed by atoms with Crippen molar-refractivity contribution in [2.24, 2.45) is 0 Å². The first-order valence-corrected chi connectivity index (χ1v) is 7.55. The molecule has 1 rings (SSSR count). The van der Waals surface area contributed by atoms with E-state index in [0.29, 0.717) is 18.3 Å². The summed E-state index contributed by atoms with van der Waals surface area (Å²) in [6.45, 7) is 0.156. The highest BCUT2D eigenvalue weighted by Crippen LogP contribution is 2.18. The van der Waals surface area contributed by atoms with Gasteiger partial charge in [-0.15, -0.1) is 11.6 Å². The molecule has 0 aromatic heterocycles. The van der Waals surface area contributed by atoms with E-state index in [1.54, 1.807) is 0 Å². The largest absolute Gasteiger partial charge is 0.353 e. The first kappa shape index (κ1) is 13.7. The normalized spacial score (nSPS) is 16.1. The number of hydrogen-bond donors (Lipinski definition) is 2. The molecule has 2 N–H and O–H groups in total. The van der Waals surface area contributed by atoms with Gasteiger partial charge in [0, 0.05) is 24.9 Å². The molecule has 1 fully saturated rings. The highest BCUT2D eigenvalue weighted by Gasteiger charge is 2.22. The van der Waals surface area contributed by atoms with E-state index >= 15 is 0 Å². The molecule has 7 heteroatoms. The molecule has 0 unspecified atom stereocenters. The molecular formula is C9H17ClN2O3S. The molecule has 0 bridgehead atoms. The fraction of sp³-hybridized carbons (Fsp3) is 0.889. The molecule has 0 aromatic rings. The summed E-state index contributed by atoms with van der Waals surface area (Å²) in [7, 11) is -3.27. The van der Waals surface area contributed by atoms with Crippen molar-refractivity contribution in [2.45, 2.75) is 31.7 Å². The lowest BCUT2D eigenvalue weighted by atomic mass is 10.4. The number of hydrogen-bond acceptors (Lipinski definition) is 3.